The minimum Gasteiger partial charge on any atom is -0.383 e. The highest BCUT2D eigenvalue weighted by molar-refractivity contribution is 7.09. The van der Waals surface area contributed by atoms with E-state index >= 15 is 0 Å². The lowest BCUT2D eigenvalue weighted by atomic mass is 10.2. The zero-order valence-electron chi connectivity index (χ0n) is 17.2. The van der Waals surface area contributed by atoms with Crippen LogP contribution in [0.2, 0.25) is 0 Å². The van der Waals surface area contributed by atoms with Gasteiger partial charge in [0.1, 0.15) is 11.5 Å². The molecule has 0 aliphatic carbocycles. The average molecular weight is 442 g/mol. The maximum atomic E-state index is 12.6. The maximum Gasteiger partial charge on any atom is 0.330 e. The van der Waals surface area contributed by atoms with Gasteiger partial charge >= 0.3 is 5.69 Å². The van der Waals surface area contributed by atoms with Crippen molar-refractivity contribution in [1.29, 1.82) is 0 Å². The fraction of sp³-hybridized carbons (Fsp3) is 0.238. The Morgan fingerprint density at radius 1 is 1.29 bits per heavy atom. The Balaban J connectivity index is 1.91. The molecule has 0 bridgehead atoms. The van der Waals surface area contributed by atoms with E-state index in [9.17, 15) is 14.4 Å². The highest BCUT2D eigenvalue weighted by atomic mass is 32.1. The summed E-state index contributed by atoms with van der Waals surface area (Å²) in [7, 11) is 1.50. The molecule has 2 heterocycles. The lowest BCUT2D eigenvalue weighted by molar-refractivity contribution is -0.111. The molecule has 9 nitrogen and oxygen atoms in total. The van der Waals surface area contributed by atoms with E-state index in [0.717, 1.165) is 10.6 Å². The number of carbonyl (C=O) groups excluding carboxylic acids is 1. The van der Waals surface area contributed by atoms with Crippen molar-refractivity contribution in [1.82, 2.24) is 14.5 Å². The van der Waals surface area contributed by atoms with Crippen molar-refractivity contribution in [2.45, 2.75) is 20.0 Å². The van der Waals surface area contributed by atoms with Gasteiger partial charge in [-0.1, -0.05) is 30.3 Å². The van der Waals surface area contributed by atoms with Crippen molar-refractivity contribution in [3.8, 4) is 0 Å². The standard InChI is InChI=1S/C21H23N5O4S/c1-14-23-16(13-31-14)8-9-17(27)24-19-18(22-12-15-6-4-3-5-7-15)20(28)25-21(29)26(19)10-11-30-2/h3-9,13,22H,10-12H2,1-2H3,(H,24,27)(H,25,28,29)/b9-8+. The molecule has 31 heavy (non-hydrogen) atoms. The number of amides is 1. The van der Waals surface area contributed by atoms with Gasteiger partial charge in [-0.15, -0.1) is 11.3 Å². The zero-order valence-corrected chi connectivity index (χ0v) is 18.0. The SMILES string of the molecule is COCCn1c(NC(=O)/C=C/c2csc(C)n2)c(NCc2ccccc2)c(=O)[nH]c1=O. The molecule has 0 aliphatic heterocycles. The van der Waals surface area contributed by atoms with E-state index in [1.165, 1.54) is 29.1 Å². The van der Waals surface area contributed by atoms with E-state index in [1.807, 2.05) is 42.6 Å². The molecule has 10 heteroatoms. The van der Waals surface area contributed by atoms with Crippen LogP contribution in [-0.2, 0) is 22.6 Å². The van der Waals surface area contributed by atoms with Gasteiger partial charge in [0.2, 0.25) is 5.91 Å². The Hall–Kier alpha value is -3.50. The number of thiazole rings is 1. The molecule has 0 fully saturated rings. The predicted octanol–water partition coefficient (Wildman–Crippen LogP) is 2.21. The number of hydrogen-bond donors (Lipinski definition) is 3. The molecule has 3 rings (SSSR count). The number of H-pyrrole nitrogens is 1. The van der Waals surface area contributed by atoms with Gasteiger partial charge in [0.15, 0.2) is 0 Å². The highest BCUT2D eigenvalue weighted by Crippen LogP contribution is 2.17. The third-order valence-electron chi connectivity index (χ3n) is 4.31. The number of carbonyl (C=O) groups is 1. The Labute approximate surface area is 182 Å². The Morgan fingerprint density at radius 3 is 2.74 bits per heavy atom. The second-order valence-electron chi connectivity index (χ2n) is 6.58. The molecule has 0 saturated heterocycles. The third kappa shape index (κ3) is 6.00. The van der Waals surface area contributed by atoms with Gasteiger partial charge in [0.25, 0.3) is 5.56 Å². The van der Waals surface area contributed by atoms with Crippen molar-refractivity contribution in [2.24, 2.45) is 0 Å². The number of anilines is 2. The molecular formula is C21H23N5O4S. The number of hydrogen-bond acceptors (Lipinski definition) is 7. The van der Waals surface area contributed by atoms with Crippen LogP contribution >= 0.6 is 11.3 Å². The highest BCUT2D eigenvalue weighted by Gasteiger charge is 2.16. The molecule has 2 aromatic heterocycles. The van der Waals surface area contributed by atoms with Crippen molar-refractivity contribution in [2.75, 3.05) is 24.4 Å². The number of nitrogens with one attached hydrogen (secondary N) is 3. The fourth-order valence-electron chi connectivity index (χ4n) is 2.82. The first-order valence-corrected chi connectivity index (χ1v) is 10.4. The molecule has 3 N–H and O–H groups in total. The summed E-state index contributed by atoms with van der Waals surface area (Å²) in [6.07, 6.45) is 2.88. The average Bonchev–Trinajstić information content (AvgIpc) is 3.17. The Morgan fingerprint density at radius 2 is 2.06 bits per heavy atom. The topological polar surface area (TPSA) is 118 Å². The number of aryl methyl sites for hydroxylation is 1. The van der Waals surface area contributed by atoms with Gasteiger partial charge in [-0.25, -0.2) is 9.78 Å². The van der Waals surface area contributed by atoms with Crippen molar-refractivity contribution < 1.29 is 9.53 Å². The molecule has 3 aromatic rings. The maximum absolute atomic E-state index is 12.6. The summed E-state index contributed by atoms with van der Waals surface area (Å²) in [4.78, 5) is 44.0. The fourth-order valence-corrected chi connectivity index (χ4v) is 3.40. The normalized spacial score (nSPS) is 11.0. The quantitative estimate of drug-likeness (QED) is 0.438. The molecule has 162 valence electrons. The van der Waals surface area contributed by atoms with Crippen LogP contribution in [0.25, 0.3) is 6.08 Å². The summed E-state index contributed by atoms with van der Waals surface area (Å²) in [6.45, 7) is 2.58. The van der Waals surface area contributed by atoms with Crippen LogP contribution in [0.1, 0.15) is 16.3 Å². The smallest absolute Gasteiger partial charge is 0.330 e. The number of methoxy groups -OCH3 is 1. The van der Waals surface area contributed by atoms with Crippen molar-refractivity contribution >= 4 is 34.8 Å². The first kappa shape index (κ1) is 22.2. The van der Waals surface area contributed by atoms with E-state index in [-0.39, 0.29) is 24.7 Å². The first-order valence-electron chi connectivity index (χ1n) is 9.53. The zero-order chi connectivity index (χ0) is 22.2. The molecule has 0 radical (unpaired) electrons. The molecule has 0 spiro atoms. The number of rotatable bonds is 9. The summed E-state index contributed by atoms with van der Waals surface area (Å²) in [5, 5.41) is 8.40. The Kier molecular flexibility index (Phi) is 7.52. The van der Waals surface area contributed by atoms with Crippen LogP contribution in [0.3, 0.4) is 0 Å². The summed E-state index contributed by atoms with van der Waals surface area (Å²) in [5.41, 5.74) is 0.423. The summed E-state index contributed by atoms with van der Waals surface area (Å²) >= 11 is 1.47. The van der Waals surface area contributed by atoms with Crippen LogP contribution in [0, 0.1) is 6.92 Å². The van der Waals surface area contributed by atoms with E-state index in [0.29, 0.717) is 12.2 Å². The predicted molar refractivity (Wildman–Crippen MR) is 121 cm³/mol. The number of aromatic nitrogens is 3. The molecule has 0 aliphatic rings. The lowest BCUT2D eigenvalue weighted by Gasteiger charge is -2.17. The van der Waals surface area contributed by atoms with E-state index in [1.54, 1.807) is 6.08 Å². The molecule has 1 aromatic carbocycles. The monoisotopic (exact) mass is 441 g/mol. The molecule has 0 atom stereocenters. The van der Waals surface area contributed by atoms with Crippen LogP contribution in [0.15, 0.2) is 51.4 Å². The number of benzene rings is 1. The Bertz CT molecular complexity index is 1180. The van der Waals surface area contributed by atoms with Gasteiger partial charge in [-0.05, 0) is 18.6 Å². The van der Waals surface area contributed by atoms with Crippen LogP contribution < -0.4 is 21.9 Å². The van der Waals surface area contributed by atoms with E-state index < -0.39 is 17.2 Å². The molecule has 0 saturated carbocycles. The molecular weight excluding hydrogens is 418 g/mol. The van der Waals surface area contributed by atoms with Crippen molar-refractivity contribution in [3.05, 3.63) is 78.9 Å². The lowest BCUT2D eigenvalue weighted by Crippen LogP contribution is -2.36. The number of nitrogens with zero attached hydrogens (tertiary/aromatic N) is 2. The van der Waals surface area contributed by atoms with Crippen LogP contribution in [0.4, 0.5) is 11.5 Å². The largest absolute Gasteiger partial charge is 0.383 e. The van der Waals surface area contributed by atoms with Crippen molar-refractivity contribution in [3.63, 3.8) is 0 Å². The van der Waals surface area contributed by atoms with Gasteiger partial charge < -0.3 is 15.4 Å². The third-order valence-corrected chi connectivity index (χ3v) is 5.11. The summed E-state index contributed by atoms with van der Waals surface area (Å²) < 4.78 is 6.32. The van der Waals surface area contributed by atoms with Gasteiger partial charge in [0.05, 0.1) is 23.9 Å². The molecule has 1 amide bonds. The summed E-state index contributed by atoms with van der Waals surface area (Å²) in [6, 6.07) is 9.46. The van der Waals surface area contributed by atoms with Gasteiger partial charge in [0, 0.05) is 25.1 Å². The van der Waals surface area contributed by atoms with Gasteiger partial charge in [-0.3, -0.25) is 19.1 Å². The van der Waals surface area contributed by atoms with Crippen LogP contribution in [0.5, 0.6) is 0 Å². The number of aromatic amines is 1. The van der Waals surface area contributed by atoms with Crippen LogP contribution in [-0.4, -0.2) is 34.2 Å². The number of ether oxygens (including phenoxy) is 1. The molecule has 0 unspecified atom stereocenters. The van der Waals surface area contributed by atoms with Gasteiger partial charge in [-0.2, -0.15) is 0 Å². The first-order chi connectivity index (χ1) is 15.0. The minimum atomic E-state index is -0.637. The second kappa shape index (κ2) is 10.5. The summed E-state index contributed by atoms with van der Waals surface area (Å²) in [5.74, 6) is -0.421. The van der Waals surface area contributed by atoms with E-state index in [4.69, 9.17) is 4.74 Å². The minimum absolute atomic E-state index is 0.0749. The second-order valence-corrected chi connectivity index (χ2v) is 7.64. The van der Waals surface area contributed by atoms with E-state index in [2.05, 4.69) is 20.6 Å².